The highest BCUT2D eigenvalue weighted by molar-refractivity contribution is 7.21. The van der Waals surface area contributed by atoms with Gasteiger partial charge in [0.2, 0.25) is 5.78 Å². The van der Waals surface area contributed by atoms with Crippen LogP contribution in [0.4, 0.5) is 0 Å². The monoisotopic (exact) mass is 465 g/mol. The Hall–Kier alpha value is -3.22. The topological polar surface area (TPSA) is 65.4 Å². The fraction of sp³-hybridized carbons (Fsp3) is 0.160. The van der Waals surface area contributed by atoms with Crippen LogP contribution in [0, 0.1) is 0 Å². The predicted octanol–water partition coefficient (Wildman–Crippen LogP) is 5.81. The summed E-state index contributed by atoms with van der Waals surface area (Å²) in [6.07, 6.45) is 0. The minimum absolute atomic E-state index is 0.0401. The van der Waals surface area contributed by atoms with Crippen LogP contribution in [0.25, 0.3) is 21.3 Å². The number of rotatable bonds is 6. The van der Waals surface area contributed by atoms with E-state index in [2.05, 4.69) is 0 Å². The zero-order valence-electron chi connectivity index (χ0n) is 17.6. The maximum atomic E-state index is 13.5. The first kappa shape index (κ1) is 22.0. The first-order chi connectivity index (χ1) is 15.5. The van der Waals surface area contributed by atoms with Crippen molar-refractivity contribution in [3.8, 4) is 11.1 Å². The Kier molecular flexibility index (Phi) is 6.26. The largest absolute Gasteiger partial charge is 0.462 e. The summed E-state index contributed by atoms with van der Waals surface area (Å²) in [7, 11) is 0. The van der Waals surface area contributed by atoms with Gasteiger partial charge in [0.25, 0.3) is 5.56 Å². The third-order valence-corrected chi connectivity index (χ3v) is 6.60. The maximum Gasteiger partial charge on any atom is 0.343 e. The molecule has 0 bridgehead atoms. The van der Waals surface area contributed by atoms with Crippen molar-refractivity contribution in [2.75, 3.05) is 6.61 Å². The molecule has 0 saturated heterocycles. The van der Waals surface area contributed by atoms with Gasteiger partial charge in [0.15, 0.2) is 0 Å². The van der Waals surface area contributed by atoms with E-state index in [4.69, 9.17) is 16.3 Å². The number of thiophene rings is 1. The van der Waals surface area contributed by atoms with Gasteiger partial charge in [0.05, 0.1) is 11.5 Å². The third kappa shape index (κ3) is 3.87. The molecule has 0 aliphatic carbocycles. The van der Waals surface area contributed by atoms with E-state index in [0.717, 1.165) is 5.56 Å². The molecule has 32 heavy (non-hydrogen) atoms. The average molecular weight is 466 g/mol. The summed E-state index contributed by atoms with van der Waals surface area (Å²) in [4.78, 5) is 40.2. The van der Waals surface area contributed by atoms with Gasteiger partial charge in [-0.3, -0.25) is 14.2 Å². The van der Waals surface area contributed by atoms with Crippen molar-refractivity contribution in [3.05, 3.63) is 92.0 Å². The molecule has 0 N–H and O–H groups in total. The van der Waals surface area contributed by atoms with Gasteiger partial charge in [-0.1, -0.05) is 41.9 Å². The SMILES string of the molecule is CCOC(=O)c1cc2c(-c3ccccc3)c(C(=O)c3ccc(Cl)cc3)sc2n(CC)c1=O. The third-order valence-electron chi connectivity index (χ3n) is 5.12. The van der Waals surface area contributed by atoms with Crippen LogP contribution in [-0.2, 0) is 11.3 Å². The molecule has 0 aliphatic rings. The van der Waals surface area contributed by atoms with Crippen LogP contribution < -0.4 is 5.56 Å². The number of halogens is 1. The summed E-state index contributed by atoms with van der Waals surface area (Å²) in [5.74, 6) is -0.841. The second-order valence-electron chi connectivity index (χ2n) is 7.05. The molecule has 5 nitrogen and oxygen atoms in total. The fourth-order valence-corrected chi connectivity index (χ4v) is 5.09. The zero-order chi connectivity index (χ0) is 22.8. The number of aryl methyl sites for hydroxylation is 1. The minimum Gasteiger partial charge on any atom is -0.462 e. The van der Waals surface area contributed by atoms with Crippen molar-refractivity contribution in [2.45, 2.75) is 20.4 Å². The fourth-order valence-electron chi connectivity index (χ4n) is 3.64. The number of esters is 1. The highest BCUT2D eigenvalue weighted by Crippen LogP contribution is 2.40. The van der Waals surface area contributed by atoms with Crippen molar-refractivity contribution in [2.24, 2.45) is 0 Å². The average Bonchev–Trinajstić information content (AvgIpc) is 3.18. The van der Waals surface area contributed by atoms with E-state index in [1.807, 2.05) is 37.3 Å². The van der Waals surface area contributed by atoms with E-state index < -0.39 is 11.5 Å². The van der Waals surface area contributed by atoms with Gasteiger partial charge in [-0.25, -0.2) is 4.79 Å². The first-order valence-corrected chi connectivity index (χ1v) is 11.4. The van der Waals surface area contributed by atoms with Crippen molar-refractivity contribution < 1.29 is 14.3 Å². The second kappa shape index (κ2) is 9.10. The van der Waals surface area contributed by atoms with Crippen LogP contribution in [0.1, 0.15) is 39.4 Å². The Morgan fingerprint density at radius 1 is 1.03 bits per heavy atom. The van der Waals surface area contributed by atoms with E-state index in [1.54, 1.807) is 37.3 Å². The van der Waals surface area contributed by atoms with Crippen LogP contribution in [-0.4, -0.2) is 22.9 Å². The number of aromatic nitrogens is 1. The molecule has 0 unspecified atom stereocenters. The lowest BCUT2D eigenvalue weighted by atomic mass is 9.98. The van der Waals surface area contributed by atoms with Gasteiger partial charge in [-0.05, 0) is 49.7 Å². The number of carbonyl (C=O) groups excluding carboxylic acids is 2. The highest BCUT2D eigenvalue weighted by atomic mass is 35.5. The van der Waals surface area contributed by atoms with Crippen molar-refractivity contribution in [1.29, 1.82) is 0 Å². The number of hydrogen-bond acceptors (Lipinski definition) is 5. The quantitative estimate of drug-likeness (QED) is 0.266. The lowest BCUT2D eigenvalue weighted by Gasteiger charge is -2.09. The van der Waals surface area contributed by atoms with Crippen LogP contribution in [0.2, 0.25) is 5.02 Å². The molecule has 0 atom stereocenters. The Morgan fingerprint density at radius 2 is 1.72 bits per heavy atom. The van der Waals surface area contributed by atoms with E-state index in [1.165, 1.54) is 15.9 Å². The second-order valence-corrected chi connectivity index (χ2v) is 8.49. The van der Waals surface area contributed by atoms with Crippen LogP contribution in [0.5, 0.6) is 0 Å². The summed E-state index contributed by atoms with van der Waals surface area (Å²) in [5.41, 5.74) is 1.55. The predicted molar refractivity (Wildman–Crippen MR) is 128 cm³/mol. The van der Waals surface area contributed by atoms with Crippen molar-refractivity contribution in [3.63, 3.8) is 0 Å². The van der Waals surface area contributed by atoms with Gasteiger partial charge in [0.1, 0.15) is 10.4 Å². The van der Waals surface area contributed by atoms with E-state index in [-0.39, 0.29) is 18.0 Å². The molecule has 0 aliphatic heterocycles. The number of fused-ring (bicyclic) bond motifs is 1. The molecule has 0 amide bonds. The summed E-state index contributed by atoms with van der Waals surface area (Å²) in [6, 6.07) is 17.7. The van der Waals surface area contributed by atoms with Gasteiger partial charge in [0, 0.05) is 28.1 Å². The van der Waals surface area contributed by atoms with Crippen LogP contribution in [0.3, 0.4) is 0 Å². The molecule has 0 saturated carbocycles. The Labute approximate surface area is 193 Å². The molecule has 7 heteroatoms. The van der Waals surface area contributed by atoms with Gasteiger partial charge < -0.3 is 4.74 Å². The maximum absolute atomic E-state index is 13.5. The lowest BCUT2D eigenvalue weighted by Crippen LogP contribution is -2.26. The number of carbonyl (C=O) groups is 2. The molecule has 0 radical (unpaired) electrons. The summed E-state index contributed by atoms with van der Waals surface area (Å²) in [5, 5.41) is 1.21. The zero-order valence-corrected chi connectivity index (χ0v) is 19.1. The standard InChI is InChI=1S/C25H20ClNO4S/c1-3-27-23(29)19(25(30)31-4-2)14-18-20(15-8-6-5-7-9-15)22(32-24(18)27)21(28)16-10-12-17(26)13-11-16/h5-14H,3-4H2,1-2H3. The molecule has 4 rings (SSSR count). The Bertz CT molecular complexity index is 1370. The minimum atomic E-state index is -0.669. The molecule has 2 aromatic carbocycles. The van der Waals surface area contributed by atoms with E-state index in [0.29, 0.717) is 37.8 Å². The number of nitrogens with zero attached hydrogens (tertiary/aromatic N) is 1. The lowest BCUT2D eigenvalue weighted by molar-refractivity contribution is 0.0523. The Balaban J connectivity index is 2.06. The summed E-state index contributed by atoms with van der Waals surface area (Å²) in [6.45, 7) is 4.04. The van der Waals surface area contributed by atoms with Crippen molar-refractivity contribution >= 4 is 44.9 Å². The molecular formula is C25H20ClNO4S. The molecule has 2 heterocycles. The number of benzene rings is 2. The molecule has 0 fully saturated rings. The van der Waals surface area contributed by atoms with Gasteiger partial charge >= 0.3 is 5.97 Å². The molecule has 0 spiro atoms. The smallest absolute Gasteiger partial charge is 0.343 e. The summed E-state index contributed by atoms with van der Waals surface area (Å²) >= 11 is 7.25. The van der Waals surface area contributed by atoms with Gasteiger partial charge in [-0.15, -0.1) is 11.3 Å². The molecule has 4 aromatic rings. The van der Waals surface area contributed by atoms with Gasteiger partial charge in [-0.2, -0.15) is 0 Å². The van der Waals surface area contributed by atoms with Crippen molar-refractivity contribution in [1.82, 2.24) is 4.57 Å². The first-order valence-electron chi connectivity index (χ1n) is 10.2. The molecular weight excluding hydrogens is 446 g/mol. The van der Waals surface area contributed by atoms with E-state index >= 15 is 0 Å². The number of pyridine rings is 1. The Morgan fingerprint density at radius 3 is 2.34 bits per heavy atom. The van der Waals surface area contributed by atoms with Crippen LogP contribution >= 0.6 is 22.9 Å². The normalized spacial score (nSPS) is 11.0. The number of hydrogen-bond donors (Lipinski definition) is 0. The number of ketones is 1. The van der Waals surface area contributed by atoms with Crippen LogP contribution in [0.15, 0.2) is 65.5 Å². The molecule has 2 aromatic heterocycles. The highest BCUT2D eigenvalue weighted by Gasteiger charge is 2.25. The number of ether oxygens (including phenoxy) is 1. The molecule has 162 valence electrons. The van der Waals surface area contributed by atoms with E-state index in [9.17, 15) is 14.4 Å². The summed E-state index contributed by atoms with van der Waals surface area (Å²) < 4.78 is 6.63.